The maximum atomic E-state index is 13.1. The van der Waals surface area contributed by atoms with Gasteiger partial charge in [0.15, 0.2) is 0 Å². The molecule has 0 amide bonds. The lowest BCUT2D eigenvalue weighted by atomic mass is 10.1. The molecule has 0 saturated carbocycles. The zero-order valence-electron chi connectivity index (χ0n) is 9.16. The summed E-state index contributed by atoms with van der Waals surface area (Å²) >= 11 is 0. The minimum Gasteiger partial charge on any atom is -0.277 e. The molecule has 0 radical (unpaired) electrons. The molecule has 106 valence electrons. The number of benzene rings is 1. The highest BCUT2D eigenvalue weighted by Gasteiger charge is 2.36. The van der Waals surface area contributed by atoms with Crippen molar-refractivity contribution in [1.82, 2.24) is 0 Å². The summed E-state index contributed by atoms with van der Waals surface area (Å²) < 4.78 is 73.7. The number of alkyl halides is 3. The van der Waals surface area contributed by atoms with Crippen LogP contribution in [0.15, 0.2) is 12.1 Å². The maximum Gasteiger partial charge on any atom is 0.419 e. The van der Waals surface area contributed by atoms with Gasteiger partial charge in [-0.2, -0.15) is 13.2 Å². The number of nitrogens with one attached hydrogen (secondary N) is 1. The number of hydrogen-bond donors (Lipinski definition) is 1. The molecule has 0 saturated heterocycles. The zero-order chi connectivity index (χ0) is 15.0. The van der Waals surface area contributed by atoms with Crippen LogP contribution in [-0.2, 0) is 16.2 Å². The average molecular weight is 302 g/mol. The van der Waals surface area contributed by atoms with Crippen LogP contribution in [0.5, 0.6) is 0 Å². The minimum atomic E-state index is -5.10. The summed E-state index contributed by atoms with van der Waals surface area (Å²) in [5, 5.41) is 10.5. The summed E-state index contributed by atoms with van der Waals surface area (Å²) in [7, 11) is -4.05. The number of sulfonamides is 1. The SMILES string of the molecule is CS(=O)(=O)Nc1cc(C(F)(F)F)c(F)cc1[N+](=O)[O-]. The van der Waals surface area contributed by atoms with E-state index in [0.717, 1.165) is 0 Å². The lowest BCUT2D eigenvalue weighted by Crippen LogP contribution is -2.14. The van der Waals surface area contributed by atoms with Gasteiger partial charge in [0.2, 0.25) is 10.0 Å². The molecule has 0 aliphatic rings. The second-order valence-corrected chi connectivity index (χ2v) is 5.23. The molecule has 0 fully saturated rings. The van der Waals surface area contributed by atoms with E-state index in [0.29, 0.717) is 6.26 Å². The van der Waals surface area contributed by atoms with E-state index in [9.17, 15) is 36.1 Å². The average Bonchev–Trinajstić information content (AvgIpc) is 2.15. The molecular formula is C8H6F4N2O4S. The van der Waals surface area contributed by atoms with Crippen molar-refractivity contribution in [2.24, 2.45) is 0 Å². The van der Waals surface area contributed by atoms with Crippen molar-refractivity contribution in [1.29, 1.82) is 0 Å². The topological polar surface area (TPSA) is 89.3 Å². The molecule has 0 atom stereocenters. The van der Waals surface area contributed by atoms with E-state index < -0.39 is 43.9 Å². The number of nitro benzene ring substituents is 1. The van der Waals surface area contributed by atoms with E-state index in [1.165, 1.54) is 4.72 Å². The molecule has 0 spiro atoms. The summed E-state index contributed by atoms with van der Waals surface area (Å²) in [6.07, 6.45) is -4.51. The fraction of sp³-hybridized carbons (Fsp3) is 0.250. The largest absolute Gasteiger partial charge is 0.419 e. The van der Waals surface area contributed by atoms with Crippen LogP contribution in [0.3, 0.4) is 0 Å². The molecular weight excluding hydrogens is 296 g/mol. The van der Waals surface area contributed by atoms with Crippen LogP contribution in [-0.4, -0.2) is 19.6 Å². The van der Waals surface area contributed by atoms with Gasteiger partial charge in [0.25, 0.3) is 5.69 Å². The van der Waals surface area contributed by atoms with Gasteiger partial charge in [-0.3, -0.25) is 14.8 Å². The molecule has 0 aliphatic heterocycles. The Morgan fingerprint density at radius 1 is 1.32 bits per heavy atom. The van der Waals surface area contributed by atoms with Crippen LogP contribution in [0.1, 0.15) is 5.56 Å². The number of halogens is 4. The second kappa shape index (κ2) is 4.64. The number of hydrogen-bond acceptors (Lipinski definition) is 4. The number of anilines is 1. The van der Waals surface area contributed by atoms with Crippen LogP contribution in [0.4, 0.5) is 28.9 Å². The third-order valence-corrected chi connectivity index (χ3v) is 2.47. The number of rotatable bonds is 3. The Hall–Kier alpha value is -1.91. The standard InChI is InChI=1S/C8H6F4N2O4S/c1-19(17,18)13-6-2-4(8(10,11)12)5(9)3-7(6)14(15)16/h2-3,13H,1H3. The van der Waals surface area contributed by atoms with Gasteiger partial charge in [0, 0.05) is 0 Å². The van der Waals surface area contributed by atoms with Crippen molar-refractivity contribution in [3.8, 4) is 0 Å². The first-order valence-corrected chi connectivity index (χ1v) is 6.34. The summed E-state index contributed by atoms with van der Waals surface area (Å²) in [5.74, 6) is -1.86. The zero-order valence-corrected chi connectivity index (χ0v) is 9.97. The third kappa shape index (κ3) is 3.77. The first-order valence-electron chi connectivity index (χ1n) is 4.45. The van der Waals surface area contributed by atoms with Gasteiger partial charge in [0.1, 0.15) is 11.5 Å². The van der Waals surface area contributed by atoms with Crippen molar-refractivity contribution in [3.05, 3.63) is 33.6 Å². The summed E-state index contributed by atoms with van der Waals surface area (Å²) in [5.41, 5.74) is -3.87. The molecule has 0 aliphatic carbocycles. The molecule has 6 nitrogen and oxygen atoms in total. The molecule has 1 N–H and O–H groups in total. The van der Waals surface area contributed by atoms with Crippen molar-refractivity contribution in [2.75, 3.05) is 11.0 Å². The Labute approximate surface area is 104 Å². The predicted octanol–water partition coefficient (Wildman–Crippen LogP) is 2.12. The van der Waals surface area contributed by atoms with E-state index >= 15 is 0 Å². The fourth-order valence-electron chi connectivity index (χ4n) is 1.21. The van der Waals surface area contributed by atoms with Crippen molar-refractivity contribution >= 4 is 21.4 Å². The van der Waals surface area contributed by atoms with Crippen LogP contribution < -0.4 is 4.72 Å². The molecule has 11 heteroatoms. The van der Waals surface area contributed by atoms with Crippen LogP contribution in [0, 0.1) is 15.9 Å². The van der Waals surface area contributed by atoms with E-state index in [-0.39, 0.29) is 12.1 Å². The Kier molecular flexibility index (Phi) is 3.70. The number of nitro groups is 1. The normalized spacial score (nSPS) is 12.3. The smallest absolute Gasteiger partial charge is 0.277 e. The van der Waals surface area contributed by atoms with Gasteiger partial charge < -0.3 is 0 Å². The van der Waals surface area contributed by atoms with Gasteiger partial charge in [-0.15, -0.1) is 0 Å². The van der Waals surface area contributed by atoms with Crippen molar-refractivity contribution < 1.29 is 30.9 Å². The minimum absolute atomic E-state index is 0.0103. The number of nitrogens with zero attached hydrogens (tertiary/aromatic N) is 1. The second-order valence-electron chi connectivity index (χ2n) is 3.48. The molecule has 0 heterocycles. The molecule has 0 aromatic heterocycles. The first-order chi connectivity index (χ1) is 8.42. The van der Waals surface area contributed by atoms with Crippen molar-refractivity contribution in [2.45, 2.75) is 6.18 Å². The van der Waals surface area contributed by atoms with Gasteiger partial charge in [0.05, 0.1) is 22.8 Å². The third-order valence-electron chi connectivity index (χ3n) is 1.88. The monoisotopic (exact) mass is 302 g/mol. The van der Waals surface area contributed by atoms with Crippen molar-refractivity contribution in [3.63, 3.8) is 0 Å². The summed E-state index contributed by atoms with van der Waals surface area (Å²) in [4.78, 5) is 9.35. The van der Waals surface area contributed by atoms with Gasteiger partial charge in [-0.05, 0) is 6.07 Å². The highest BCUT2D eigenvalue weighted by molar-refractivity contribution is 7.92. The predicted molar refractivity (Wildman–Crippen MR) is 56.5 cm³/mol. The highest BCUT2D eigenvalue weighted by atomic mass is 32.2. The van der Waals surface area contributed by atoms with Gasteiger partial charge >= 0.3 is 6.18 Å². The van der Waals surface area contributed by atoms with Gasteiger partial charge in [-0.25, -0.2) is 12.8 Å². The lowest BCUT2D eigenvalue weighted by molar-refractivity contribution is -0.384. The molecule has 0 unspecified atom stereocenters. The fourth-order valence-corrected chi connectivity index (χ4v) is 1.78. The van der Waals surface area contributed by atoms with E-state index in [1.807, 2.05) is 0 Å². The Morgan fingerprint density at radius 2 is 1.84 bits per heavy atom. The molecule has 0 bridgehead atoms. The summed E-state index contributed by atoms with van der Waals surface area (Å²) in [6, 6.07) is 0.0465. The molecule has 1 rings (SSSR count). The molecule has 19 heavy (non-hydrogen) atoms. The van der Waals surface area contributed by atoms with E-state index in [2.05, 4.69) is 0 Å². The highest BCUT2D eigenvalue weighted by Crippen LogP contribution is 2.37. The Bertz CT molecular complexity index is 626. The van der Waals surface area contributed by atoms with E-state index in [1.54, 1.807) is 0 Å². The quantitative estimate of drug-likeness (QED) is 0.526. The Balaban J connectivity index is 3.53. The molecule has 1 aromatic carbocycles. The maximum absolute atomic E-state index is 13.1. The van der Waals surface area contributed by atoms with Crippen LogP contribution in [0.2, 0.25) is 0 Å². The summed E-state index contributed by atoms with van der Waals surface area (Å²) in [6.45, 7) is 0. The molecule has 1 aromatic rings. The van der Waals surface area contributed by atoms with E-state index in [4.69, 9.17) is 0 Å². The van der Waals surface area contributed by atoms with Crippen LogP contribution in [0.25, 0.3) is 0 Å². The van der Waals surface area contributed by atoms with Gasteiger partial charge in [-0.1, -0.05) is 0 Å². The van der Waals surface area contributed by atoms with Crippen LogP contribution >= 0.6 is 0 Å². The Morgan fingerprint density at radius 3 is 2.21 bits per heavy atom. The lowest BCUT2D eigenvalue weighted by Gasteiger charge is -2.11. The first kappa shape index (κ1) is 15.1.